The molecule has 0 amide bonds. The van der Waals surface area contributed by atoms with E-state index in [0.717, 1.165) is 29.8 Å². The van der Waals surface area contributed by atoms with Crippen LogP contribution in [0.2, 0.25) is 0 Å². The second-order valence-electron chi connectivity index (χ2n) is 3.80. The summed E-state index contributed by atoms with van der Waals surface area (Å²) in [4.78, 5) is 0. The normalized spacial score (nSPS) is 17.1. The first-order valence-electron chi connectivity index (χ1n) is 4.70. The molecule has 70 valence electrons. The van der Waals surface area contributed by atoms with Crippen LogP contribution in [-0.4, -0.2) is 18.2 Å². The summed E-state index contributed by atoms with van der Waals surface area (Å²) in [6, 6.07) is 4.13. The van der Waals surface area contributed by atoms with Gasteiger partial charge < -0.3 is 10.4 Å². The number of phenols is 1. The zero-order chi connectivity index (χ0) is 9.42. The van der Waals surface area contributed by atoms with Crippen molar-refractivity contribution in [1.82, 2.24) is 5.32 Å². The van der Waals surface area contributed by atoms with Crippen LogP contribution in [0.1, 0.15) is 22.6 Å². The molecule has 2 rings (SSSR count). The molecule has 0 saturated carbocycles. The van der Waals surface area contributed by atoms with Crippen LogP contribution in [0, 0.1) is 13.8 Å². The molecule has 1 heterocycles. The molecule has 0 aromatic heterocycles. The fourth-order valence-electron chi connectivity index (χ4n) is 1.66. The zero-order valence-electron chi connectivity index (χ0n) is 8.09. The van der Waals surface area contributed by atoms with Crippen LogP contribution in [0.15, 0.2) is 12.1 Å². The standard InChI is InChI=1S/C11H15NO/c1-7-3-4-10(9-5-12-6-9)11(13)8(7)2/h3-4,9,12-13H,5-6H2,1-2H3. The first-order valence-corrected chi connectivity index (χ1v) is 4.70. The van der Waals surface area contributed by atoms with E-state index in [0.29, 0.717) is 11.7 Å². The molecule has 0 aliphatic carbocycles. The van der Waals surface area contributed by atoms with E-state index in [4.69, 9.17) is 0 Å². The molecular formula is C11H15NO. The smallest absolute Gasteiger partial charge is 0.122 e. The summed E-state index contributed by atoms with van der Waals surface area (Å²) in [6.07, 6.45) is 0. The van der Waals surface area contributed by atoms with Gasteiger partial charge >= 0.3 is 0 Å². The number of aryl methyl sites for hydroxylation is 1. The van der Waals surface area contributed by atoms with Gasteiger partial charge in [0.15, 0.2) is 0 Å². The van der Waals surface area contributed by atoms with Gasteiger partial charge in [-0.1, -0.05) is 12.1 Å². The lowest BCUT2D eigenvalue weighted by atomic mass is 9.90. The highest BCUT2D eigenvalue weighted by molar-refractivity contribution is 5.46. The van der Waals surface area contributed by atoms with E-state index >= 15 is 0 Å². The summed E-state index contributed by atoms with van der Waals surface area (Å²) < 4.78 is 0. The summed E-state index contributed by atoms with van der Waals surface area (Å²) in [6.45, 7) is 5.99. The average Bonchev–Trinajstić information content (AvgIpc) is 2.03. The molecule has 1 fully saturated rings. The van der Waals surface area contributed by atoms with E-state index in [1.807, 2.05) is 19.9 Å². The molecule has 1 aromatic rings. The molecule has 13 heavy (non-hydrogen) atoms. The molecular weight excluding hydrogens is 162 g/mol. The number of rotatable bonds is 1. The molecule has 1 aliphatic rings. The van der Waals surface area contributed by atoms with Gasteiger partial charge in [-0.2, -0.15) is 0 Å². The lowest BCUT2D eigenvalue weighted by Crippen LogP contribution is -2.39. The zero-order valence-corrected chi connectivity index (χ0v) is 8.09. The van der Waals surface area contributed by atoms with Crippen LogP contribution >= 0.6 is 0 Å². The molecule has 0 spiro atoms. The highest BCUT2D eigenvalue weighted by atomic mass is 16.3. The third-order valence-corrected chi connectivity index (χ3v) is 2.95. The molecule has 2 heteroatoms. The van der Waals surface area contributed by atoms with Crippen molar-refractivity contribution in [1.29, 1.82) is 0 Å². The lowest BCUT2D eigenvalue weighted by Gasteiger charge is -2.28. The fourth-order valence-corrected chi connectivity index (χ4v) is 1.66. The van der Waals surface area contributed by atoms with Crippen LogP contribution in [0.5, 0.6) is 5.75 Å². The predicted molar refractivity (Wildman–Crippen MR) is 53.2 cm³/mol. The molecule has 0 atom stereocenters. The third kappa shape index (κ3) is 1.31. The van der Waals surface area contributed by atoms with Crippen LogP contribution < -0.4 is 5.32 Å². The monoisotopic (exact) mass is 177 g/mol. The van der Waals surface area contributed by atoms with Crippen molar-refractivity contribution in [2.24, 2.45) is 0 Å². The summed E-state index contributed by atoms with van der Waals surface area (Å²) in [5, 5.41) is 13.1. The van der Waals surface area contributed by atoms with E-state index in [1.165, 1.54) is 0 Å². The molecule has 0 bridgehead atoms. The summed E-state index contributed by atoms with van der Waals surface area (Å²) in [5.41, 5.74) is 3.28. The largest absolute Gasteiger partial charge is 0.507 e. The number of hydrogen-bond donors (Lipinski definition) is 2. The van der Waals surface area contributed by atoms with Crippen LogP contribution in [-0.2, 0) is 0 Å². The highest BCUT2D eigenvalue weighted by Gasteiger charge is 2.22. The predicted octanol–water partition coefficient (Wildman–Crippen LogP) is 1.70. The van der Waals surface area contributed by atoms with Crippen molar-refractivity contribution < 1.29 is 5.11 Å². The van der Waals surface area contributed by atoms with Gasteiger partial charge in [0.1, 0.15) is 5.75 Å². The van der Waals surface area contributed by atoms with Crippen LogP contribution in [0.3, 0.4) is 0 Å². The SMILES string of the molecule is Cc1ccc(C2CNC2)c(O)c1C. The lowest BCUT2D eigenvalue weighted by molar-refractivity contribution is 0.411. The van der Waals surface area contributed by atoms with Crippen molar-refractivity contribution in [2.75, 3.05) is 13.1 Å². The Morgan fingerprint density at radius 2 is 2.00 bits per heavy atom. The maximum atomic E-state index is 9.89. The van der Waals surface area contributed by atoms with E-state index in [-0.39, 0.29) is 0 Å². The van der Waals surface area contributed by atoms with Gasteiger partial charge in [0, 0.05) is 19.0 Å². The number of aromatic hydroxyl groups is 1. The van der Waals surface area contributed by atoms with Crippen molar-refractivity contribution >= 4 is 0 Å². The minimum Gasteiger partial charge on any atom is -0.507 e. The fraction of sp³-hybridized carbons (Fsp3) is 0.455. The number of nitrogens with one attached hydrogen (secondary N) is 1. The van der Waals surface area contributed by atoms with Crippen molar-refractivity contribution in [3.63, 3.8) is 0 Å². The molecule has 0 radical (unpaired) electrons. The minimum absolute atomic E-state index is 0.492. The second-order valence-corrected chi connectivity index (χ2v) is 3.80. The quantitative estimate of drug-likeness (QED) is 0.684. The maximum absolute atomic E-state index is 9.89. The Balaban J connectivity index is 2.41. The van der Waals surface area contributed by atoms with Crippen molar-refractivity contribution in [2.45, 2.75) is 19.8 Å². The molecule has 1 aliphatic heterocycles. The average molecular weight is 177 g/mol. The van der Waals surface area contributed by atoms with Crippen LogP contribution in [0.25, 0.3) is 0 Å². The molecule has 0 unspecified atom stereocenters. The van der Waals surface area contributed by atoms with E-state index in [1.54, 1.807) is 0 Å². The van der Waals surface area contributed by atoms with Gasteiger partial charge in [0.05, 0.1) is 0 Å². The van der Waals surface area contributed by atoms with Crippen molar-refractivity contribution in [3.05, 3.63) is 28.8 Å². The number of phenolic OH excluding ortho intramolecular Hbond substituents is 1. The van der Waals surface area contributed by atoms with E-state index in [2.05, 4.69) is 11.4 Å². The number of benzene rings is 1. The minimum atomic E-state index is 0.492. The number of hydrogen-bond acceptors (Lipinski definition) is 2. The second kappa shape index (κ2) is 3.04. The van der Waals surface area contributed by atoms with Gasteiger partial charge in [-0.15, -0.1) is 0 Å². The maximum Gasteiger partial charge on any atom is 0.122 e. The van der Waals surface area contributed by atoms with E-state index < -0.39 is 0 Å². The van der Waals surface area contributed by atoms with Crippen molar-refractivity contribution in [3.8, 4) is 5.75 Å². The van der Waals surface area contributed by atoms with Gasteiger partial charge in [-0.3, -0.25) is 0 Å². The molecule has 2 nitrogen and oxygen atoms in total. The van der Waals surface area contributed by atoms with Gasteiger partial charge in [-0.05, 0) is 30.5 Å². The first-order chi connectivity index (χ1) is 6.20. The Morgan fingerprint density at radius 3 is 2.54 bits per heavy atom. The third-order valence-electron chi connectivity index (χ3n) is 2.95. The van der Waals surface area contributed by atoms with Crippen LogP contribution in [0.4, 0.5) is 0 Å². The topological polar surface area (TPSA) is 32.3 Å². The molecule has 1 saturated heterocycles. The van der Waals surface area contributed by atoms with Gasteiger partial charge in [0.25, 0.3) is 0 Å². The van der Waals surface area contributed by atoms with Gasteiger partial charge in [-0.25, -0.2) is 0 Å². The van der Waals surface area contributed by atoms with Gasteiger partial charge in [0.2, 0.25) is 0 Å². The Morgan fingerprint density at radius 1 is 1.31 bits per heavy atom. The molecule has 2 N–H and O–H groups in total. The Kier molecular flexibility index (Phi) is 2.00. The Labute approximate surface area is 78.6 Å². The highest BCUT2D eigenvalue weighted by Crippen LogP contribution is 2.32. The first kappa shape index (κ1) is 8.57. The Hall–Kier alpha value is -1.02. The summed E-state index contributed by atoms with van der Waals surface area (Å²) in [5.74, 6) is 1.01. The molecule has 1 aromatic carbocycles. The summed E-state index contributed by atoms with van der Waals surface area (Å²) in [7, 11) is 0. The Bertz CT molecular complexity index is 329. The summed E-state index contributed by atoms with van der Waals surface area (Å²) >= 11 is 0. The van der Waals surface area contributed by atoms with E-state index in [9.17, 15) is 5.11 Å².